The molecule has 27 heavy (non-hydrogen) atoms. The van der Waals surface area contributed by atoms with Crippen molar-refractivity contribution in [2.24, 2.45) is 0 Å². The lowest BCUT2D eigenvalue weighted by Crippen LogP contribution is -2.41. The average Bonchev–Trinajstić information content (AvgIpc) is 3.17. The van der Waals surface area contributed by atoms with Gasteiger partial charge in [-0.15, -0.1) is 11.3 Å². The van der Waals surface area contributed by atoms with E-state index >= 15 is 0 Å². The van der Waals surface area contributed by atoms with Crippen LogP contribution in [0.4, 0.5) is 0 Å². The fourth-order valence-electron chi connectivity index (χ4n) is 3.26. The van der Waals surface area contributed by atoms with E-state index in [0.717, 1.165) is 41.7 Å². The molecular formula is C22H26N2O2S. The van der Waals surface area contributed by atoms with Gasteiger partial charge in [-0.25, -0.2) is 0 Å². The van der Waals surface area contributed by atoms with Crippen molar-refractivity contribution in [2.75, 3.05) is 0 Å². The van der Waals surface area contributed by atoms with E-state index in [1.165, 1.54) is 17.8 Å². The van der Waals surface area contributed by atoms with Gasteiger partial charge in [0.1, 0.15) is 5.70 Å². The van der Waals surface area contributed by atoms with Gasteiger partial charge in [-0.3, -0.25) is 9.59 Å². The minimum atomic E-state index is -0.264. The minimum absolute atomic E-state index is 0.191. The molecule has 0 spiro atoms. The summed E-state index contributed by atoms with van der Waals surface area (Å²) in [4.78, 5) is 26.5. The van der Waals surface area contributed by atoms with Crippen LogP contribution >= 0.6 is 11.3 Å². The van der Waals surface area contributed by atoms with Crippen LogP contribution in [0.1, 0.15) is 58.5 Å². The topological polar surface area (TPSA) is 58.2 Å². The van der Waals surface area contributed by atoms with Gasteiger partial charge in [0.2, 0.25) is 0 Å². The quantitative estimate of drug-likeness (QED) is 0.744. The Morgan fingerprint density at radius 3 is 2.52 bits per heavy atom. The van der Waals surface area contributed by atoms with E-state index in [1.54, 1.807) is 12.1 Å². The molecule has 0 aliphatic heterocycles. The van der Waals surface area contributed by atoms with Crippen molar-refractivity contribution in [3.8, 4) is 0 Å². The number of nitrogens with one attached hydrogen (secondary N) is 2. The number of amides is 2. The molecule has 2 N–H and O–H groups in total. The first-order chi connectivity index (χ1) is 13.0. The molecule has 0 unspecified atom stereocenters. The Morgan fingerprint density at radius 2 is 1.85 bits per heavy atom. The number of rotatable bonds is 5. The largest absolute Gasteiger partial charge is 0.348 e. The van der Waals surface area contributed by atoms with Crippen molar-refractivity contribution in [3.05, 3.63) is 63.0 Å². The number of hydrogen-bond donors (Lipinski definition) is 2. The molecule has 0 radical (unpaired) electrons. The Bertz CT molecular complexity index is 834. The smallest absolute Gasteiger partial charge is 0.268 e. The number of carbonyl (C=O) groups is 2. The summed E-state index contributed by atoms with van der Waals surface area (Å²) in [5.41, 5.74) is 3.04. The van der Waals surface area contributed by atoms with Crippen LogP contribution < -0.4 is 10.6 Å². The van der Waals surface area contributed by atoms with Gasteiger partial charge in [0.05, 0.1) is 0 Å². The van der Waals surface area contributed by atoms with E-state index in [4.69, 9.17) is 0 Å². The molecule has 1 fully saturated rings. The van der Waals surface area contributed by atoms with Gasteiger partial charge in [0.15, 0.2) is 0 Å². The lowest BCUT2D eigenvalue weighted by molar-refractivity contribution is -0.118. The fraction of sp³-hybridized carbons (Fsp3) is 0.364. The minimum Gasteiger partial charge on any atom is -0.348 e. The first-order valence-corrected chi connectivity index (χ1v) is 10.4. The Kier molecular flexibility index (Phi) is 6.45. The van der Waals surface area contributed by atoms with E-state index < -0.39 is 0 Å². The third-order valence-electron chi connectivity index (χ3n) is 5.03. The highest BCUT2D eigenvalue weighted by molar-refractivity contribution is 7.10. The normalized spacial score (nSPS) is 15.4. The molecule has 0 bridgehead atoms. The second-order valence-corrected chi connectivity index (χ2v) is 8.11. The lowest BCUT2D eigenvalue weighted by Gasteiger charge is -2.23. The van der Waals surface area contributed by atoms with Crippen molar-refractivity contribution in [1.82, 2.24) is 10.6 Å². The summed E-state index contributed by atoms with van der Waals surface area (Å²) in [7, 11) is 0. The van der Waals surface area contributed by atoms with E-state index in [9.17, 15) is 9.59 Å². The molecule has 1 aromatic heterocycles. The number of benzene rings is 1. The van der Waals surface area contributed by atoms with Crippen LogP contribution in [0.5, 0.6) is 0 Å². The maximum absolute atomic E-state index is 12.8. The molecule has 2 amide bonds. The predicted octanol–water partition coefficient (Wildman–Crippen LogP) is 4.58. The molecule has 142 valence electrons. The van der Waals surface area contributed by atoms with Gasteiger partial charge in [-0.1, -0.05) is 31.4 Å². The molecule has 2 aromatic rings. The zero-order valence-corrected chi connectivity index (χ0v) is 16.7. The van der Waals surface area contributed by atoms with E-state index in [0.29, 0.717) is 11.3 Å². The average molecular weight is 383 g/mol. The van der Waals surface area contributed by atoms with Gasteiger partial charge in [-0.05, 0) is 67.5 Å². The molecule has 3 rings (SSSR count). The highest BCUT2D eigenvalue weighted by Gasteiger charge is 2.20. The summed E-state index contributed by atoms with van der Waals surface area (Å²) in [6.07, 6.45) is 7.27. The van der Waals surface area contributed by atoms with Crippen LogP contribution in [-0.2, 0) is 4.79 Å². The Morgan fingerprint density at radius 1 is 1.07 bits per heavy atom. The maximum atomic E-state index is 12.8. The van der Waals surface area contributed by atoms with Crippen molar-refractivity contribution < 1.29 is 9.59 Å². The zero-order valence-electron chi connectivity index (χ0n) is 15.9. The third-order valence-corrected chi connectivity index (χ3v) is 5.85. The van der Waals surface area contributed by atoms with Crippen molar-refractivity contribution in [2.45, 2.75) is 52.0 Å². The summed E-state index contributed by atoms with van der Waals surface area (Å²) in [5.74, 6) is -0.479. The number of carbonyl (C=O) groups excluding carboxylic acids is 2. The van der Waals surface area contributed by atoms with Gasteiger partial charge >= 0.3 is 0 Å². The van der Waals surface area contributed by atoms with Gasteiger partial charge in [0, 0.05) is 16.5 Å². The Balaban J connectivity index is 1.78. The molecule has 1 aliphatic carbocycles. The standard InChI is InChI=1S/C22H26N2O2S/c1-15-10-11-17(13-16(15)2)21(25)24-20(14-19-9-6-12-27-19)22(26)23-18-7-4-3-5-8-18/h6,9-14,18H,3-5,7-8H2,1-2H3,(H,23,26)(H,24,25)/b20-14+. The van der Waals surface area contributed by atoms with Crippen molar-refractivity contribution in [3.63, 3.8) is 0 Å². The molecule has 0 atom stereocenters. The molecule has 5 heteroatoms. The molecule has 0 saturated heterocycles. The van der Waals surface area contributed by atoms with Gasteiger partial charge in [0.25, 0.3) is 11.8 Å². The molecular weight excluding hydrogens is 356 g/mol. The van der Waals surface area contributed by atoms with Crippen molar-refractivity contribution >= 4 is 29.2 Å². The van der Waals surface area contributed by atoms with Gasteiger partial charge < -0.3 is 10.6 Å². The van der Waals surface area contributed by atoms with Crippen LogP contribution in [-0.4, -0.2) is 17.9 Å². The summed E-state index contributed by atoms with van der Waals surface area (Å²) < 4.78 is 0. The highest BCUT2D eigenvalue weighted by Crippen LogP contribution is 2.19. The van der Waals surface area contributed by atoms with Crippen LogP contribution in [0, 0.1) is 13.8 Å². The van der Waals surface area contributed by atoms with E-state index in [2.05, 4.69) is 10.6 Å². The molecule has 1 aliphatic rings. The fourth-order valence-corrected chi connectivity index (χ4v) is 3.92. The zero-order chi connectivity index (χ0) is 19.2. The van der Waals surface area contributed by atoms with Gasteiger partial charge in [-0.2, -0.15) is 0 Å². The lowest BCUT2D eigenvalue weighted by atomic mass is 9.95. The molecule has 1 heterocycles. The molecule has 1 aromatic carbocycles. The summed E-state index contributed by atoms with van der Waals surface area (Å²) in [5, 5.41) is 7.87. The van der Waals surface area contributed by atoms with Crippen LogP contribution in [0.15, 0.2) is 41.4 Å². The van der Waals surface area contributed by atoms with Crippen LogP contribution in [0.3, 0.4) is 0 Å². The summed E-state index contributed by atoms with van der Waals surface area (Å²) >= 11 is 1.53. The maximum Gasteiger partial charge on any atom is 0.268 e. The first kappa shape index (κ1) is 19.4. The Hall–Kier alpha value is -2.40. The first-order valence-electron chi connectivity index (χ1n) is 9.47. The SMILES string of the molecule is Cc1ccc(C(=O)N/C(=C/c2cccs2)C(=O)NC2CCCCC2)cc1C. The number of hydrogen-bond acceptors (Lipinski definition) is 3. The second kappa shape index (κ2) is 9.00. The Labute approximate surface area is 164 Å². The van der Waals surface area contributed by atoms with E-state index in [1.807, 2.05) is 43.5 Å². The van der Waals surface area contributed by atoms with Crippen molar-refractivity contribution in [1.29, 1.82) is 0 Å². The summed E-state index contributed by atoms with van der Waals surface area (Å²) in [6, 6.07) is 9.62. The number of thiophene rings is 1. The number of aryl methyl sites for hydroxylation is 2. The van der Waals surface area contributed by atoms with Crippen LogP contribution in [0.25, 0.3) is 6.08 Å². The molecule has 4 nitrogen and oxygen atoms in total. The van der Waals surface area contributed by atoms with E-state index in [-0.39, 0.29) is 17.9 Å². The van der Waals surface area contributed by atoms with Crippen LogP contribution in [0.2, 0.25) is 0 Å². The monoisotopic (exact) mass is 382 g/mol. The molecule has 1 saturated carbocycles. The summed E-state index contributed by atoms with van der Waals surface area (Å²) in [6.45, 7) is 3.99. The predicted molar refractivity (Wildman–Crippen MR) is 111 cm³/mol. The third kappa shape index (κ3) is 5.30. The highest BCUT2D eigenvalue weighted by atomic mass is 32.1. The second-order valence-electron chi connectivity index (χ2n) is 7.13.